The van der Waals surface area contributed by atoms with Crippen LogP contribution >= 0.6 is 0 Å². The molecule has 1 saturated heterocycles. The number of halogens is 2. The van der Waals surface area contributed by atoms with Crippen molar-refractivity contribution >= 4 is 15.9 Å². The lowest BCUT2D eigenvalue weighted by atomic mass is 10.1. The molecule has 0 aromatic heterocycles. The normalized spacial score (nSPS) is 22.3. The van der Waals surface area contributed by atoms with Crippen molar-refractivity contribution in [2.45, 2.75) is 36.2 Å². The molecule has 0 saturated carbocycles. The van der Waals surface area contributed by atoms with Gasteiger partial charge in [-0.2, -0.15) is 0 Å². The Morgan fingerprint density at radius 2 is 2.00 bits per heavy atom. The van der Waals surface area contributed by atoms with Gasteiger partial charge in [0.1, 0.15) is 0 Å². The number of hydrogen-bond donors (Lipinski definition) is 3. The van der Waals surface area contributed by atoms with Gasteiger partial charge in [0.05, 0.1) is 23.5 Å². The number of carbonyl (C=O) groups is 1. The summed E-state index contributed by atoms with van der Waals surface area (Å²) in [7, 11) is -3.78. The summed E-state index contributed by atoms with van der Waals surface area (Å²) in [5.41, 5.74) is 0.644. The van der Waals surface area contributed by atoms with Gasteiger partial charge in [-0.05, 0) is 24.6 Å². The number of nitrogens with two attached hydrogens (primary N) is 1. The number of carbonyl (C=O) groups excluding carboxylic acids is 1. The maximum absolute atomic E-state index is 13.1. The van der Waals surface area contributed by atoms with Crippen LogP contribution in [0.4, 0.5) is 8.78 Å². The topological polar surface area (TPSA) is 101 Å². The summed E-state index contributed by atoms with van der Waals surface area (Å²) < 4.78 is 48.4. The Labute approximate surface area is 127 Å². The first kappa shape index (κ1) is 16.8. The smallest absolute Gasteiger partial charge is 0.262 e. The van der Waals surface area contributed by atoms with E-state index in [1.165, 1.54) is 24.3 Å². The van der Waals surface area contributed by atoms with E-state index in [-0.39, 0.29) is 4.90 Å². The Hall–Kier alpha value is -1.58. The summed E-state index contributed by atoms with van der Waals surface area (Å²) in [5, 5.41) is 10.1. The van der Waals surface area contributed by atoms with E-state index >= 15 is 0 Å². The lowest BCUT2D eigenvalue weighted by Crippen LogP contribution is -2.41. The van der Waals surface area contributed by atoms with Crippen LogP contribution in [0.1, 0.15) is 24.9 Å². The van der Waals surface area contributed by atoms with Crippen LogP contribution in [-0.2, 0) is 14.8 Å². The highest BCUT2D eigenvalue weighted by atomic mass is 32.2. The van der Waals surface area contributed by atoms with E-state index in [4.69, 9.17) is 5.14 Å². The van der Waals surface area contributed by atoms with Crippen molar-refractivity contribution < 1.29 is 22.0 Å². The van der Waals surface area contributed by atoms with Crippen LogP contribution in [0, 0.1) is 0 Å². The predicted octanol–water partition coefficient (Wildman–Crippen LogP) is 0.508. The van der Waals surface area contributed by atoms with Gasteiger partial charge in [0, 0.05) is 6.42 Å². The predicted molar refractivity (Wildman–Crippen MR) is 75.7 cm³/mol. The molecule has 6 nitrogen and oxygen atoms in total. The highest BCUT2D eigenvalue weighted by Gasteiger charge is 2.42. The molecule has 22 heavy (non-hydrogen) atoms. The van der Waals surface area contributed by atoms with Crippen LogP contribution in [0.25, 0.3) is 0 Å². The molecule has 1 aromatic rings. The first-order chi connectivity index (χ1) is 10.1. The van der Waals surface area contributed by atoms with Crippen LogP contribution in [0.2, 0.25) is 0 Å². The quantitative estimate of drug-likeness (QED) is 0.747. The molecule has 4 N–H and O–H groups in total. The molecule has 1 aliphatic rings. The van der Waals surface area contributed by atoms with Crippen LogP contribution in [0.5, 0.6) is 0 Å². The molecule has 2 rings (SSSR count). The maximum atomic E-state index is 13.1. The molecule has 9 heteroatoms. The van der Waals surface area contributed by atoms with E-state index < -0.39 is 46.9 Å². The Balaban J connectivity index is 2.00. The Kier molecular flexibility index (Phi) is 4.50. The minimum absolute atomic E-state index is 0.0353. The van der Waals surface area contributed by atoms with E-state index in [1.54, 1.807) is 6.92 Å². The fourth-order valence-corrected chi connectivity index (χ4v) is 2.76. The summed E-state index contributed by atoms with van der Waals surface area (Å²) >= 11 is 0. The lowest BCUT2D eigenvalue weighted by Gasteiger charge is -2.17. The van der Waals surface area contributed by atoms with Crippen LogP contribution < -0.4 is 15.8 Å². The van der Waals surface area contributed by atoms with Gasteiger partial charge in [-0.1, -0.05) is 12.1 Å². The van der Waals surface area contributed by atoms with Gasteiger partial charge in [-0.25, -0.2) is 22.3 Å². The molecule has 0 bridgehead atoms. The largest absolute Gasteiger partial charge is 0.348 e. The summed E-state index contributed by atoms with van der Waals surface area (Å²) in [6.45, 7) is 1.17. The van der Waals surface area contributed by atoms with Gasteiger partial charge in [0.25, 0.3) is 5.92 Å². The third kappa shape index (κ3) is 3.99. The first-order valence-corrected chi connectivity index (χ1v) is 8.17. The molecule has 2 atom stereocenters. The summed E-state index contributed by atoms with van der Waals surface area (Å²) in [6, 6.07) is 4.31. The Morgan fingerprint density at radius 1 is 1.41 bits per heavy atom. The minimum atomic E-state index is -3.78. The van der Waals surface area contributed by atoms with Gasteiger partial charge in [-0.3, -0.25) is 10.1 Å². The lowest BCUT2D eigenvalue weighted by molar-refractivity contribution is -0.124. The number of hydrogen-bond acceptors (Lipinski definition) is 4. The van der Waals surface area contributed by atoms with E-state index in [9.17, 15) is 22.0 Å². The number of nitrogens with one attached hydrogen (secondary N) is 2. The molecule has 1 heterocycles. The molecule has 1 fully saturated rings. The van der Waals surface area contributed by atoms with Crippen LogP contribution in [0.3, 0.4) is 0 Å². The molecule has 122 valence electrons. The standard InChI is InChI=1S/C13H17F2N3O3S/c1-8(9-2-4-10(5-3-9)22(16,20)21)18-12(19)11-6-13(14,15)7-17-11/h2-5,8,11,17H,6-7H2,1H3,(H,18,19)(H2,16,20,21). The molecular weight excluding hydrogens is 316 g/mol. The highest BCUT2D eigenvalue weighted by molar-refractivity contribution is 7.89. The number of primary sulfonamides is 1. The molecule has 1 aromatic carbocycles. The molecule has 1 amide bonds. The van der Waals surface area contributed by atoms with E-state index in [1.807, 2.05) is 0 Å². The highest BCUT2D eigenvalue weighted by Crippen LogP contribution is 2.25. The molecule has 0 spiro atoms. The van der Waals surface area contributed by atoms with Crippen LogP contribution in [-0.4, -0.2) is 32.8 Å². The van der Waals surface area contributed by atoms with Crippen molar-refractivity contribution in [2.75, 3.05) is 6.54 Å². The molecule has 2 unspecified atom stereocenters. The molecule has 1 aliphatic heterocycles. The molecule has 0 aliphatic carbocycles. The van der Waals surface area contributed by atoms with E-state index in [0.717, 1.165) is 0 Å². The van der Waals surface area contributed by atoms with E-state index in [0.29, 0.717) is 5.56 Å². The second-order valence-corrected chi connectivity index (χ2v) is 6.90. The third-order valence-electron chi connectivity index (χ3n) is 3.49. The van der Waals surface area contributed by atoms with Gasteiger partial charge >= 0.3 is 0 Å². The number of alkyl halides is 2. The summed E-state index contributed by atoms with van der Waals surface area (Å²) in [5.74, 6) is -3.39. The first-order valence-electron chi connectivity index (χ1n) is 6.63. The summed E-state index contributed by atoms with van der Waals surface area (Å²) in [4.78, 5) is 11.9. The van der Waals surface area contributed by atoms with Crippen molar-refractivity contribution in [1.82, 2.24) is 10.6 Å². The second-order valence-electron chi connectivity index (χ2n) is 5.34. The van der Waals surface area contributed by atoms with Crippen molar-refractivity contribution in [3.8, 4) is 0 Å². The van der Waals surface area contributed by atoms with Crippen molar-refractivity contribution in [1.29, 1.82) is 0 Å². The average molecular weight is 333 g/mol. The van der Waals surface area contributed by atoms with Crippen molar-refractivity contribution in [3.63, 3.8) is 0 Å². The fourth-order valence-electron chi connectivity index (χ4n) is 2.24. The summed E-state index contributed by atoms with van der Waals surface area (Å²) in [6.07, 6.45) is -0.532. The SMILES string of the molecule is CC(NC(=O)C1CC(F)(F)CN1)c1ccc(S(N)(=O)=O)cc1. The zero-order valence-electron chi connectivity index (χ0n) is 11.8. The molecular formula is C13H17F2N3O3S. The second kappa shape index (κ2) is 5.90. The minimum Gasteiger partial charge on any atom is -0.348 e. The zero-order chi connectivity index (χ0) is 16.5. The Bertz CT molecular complexity index is 662. The van der Waals surface area contributed by atoms with E-state index in [2.05, 4.69) is 10.6 Å². The third-order valence-corrected chi connectivity index (χ3v) is 4.42. The van der Waals surface area contributed by atoms with Crippen LogP contribution in [0.15, 0.2) is 29.2 Å². The maximum Gasteiger partial charge on any atom is 0.262 e. The fraction of sp³-hybridized carbons (Fsp3) is 0.462. The Morgan fingerprint density at radius 3 is 2.45 bits per heavy atom. The van der Waals surface area contributed by atoms with Gasteiger partial charge in [-0.15, -0.1) is 0 Å². The number of amides is 1. The van der Waals surface area contributed by atoms with Crippen molar-refractivity contribution in [2.24, 2.45) is 5.14 Å². The van der Waals surface area contributed by atoms with Gasteiger partial charge in [0.2, 0.25) is 15.9 Å². The number of benzene rings is 1. The monoisotopic (exact) mass is 333 g/mol. The number of sulfonamides is 1. The van der Waals surface area contributed by atoms with Crippen molar-refractivity contribution in [3.05, 3.63) is 29.8 Å². The average Bonchev–Trinajstić information content (AvgIpc) is 2.78. The zero-order valence-corrected chi connectivity index (χ0v) is 12.7. The molecule has 0 radical (unpaired) electrons. The van der Waals surface area contributed by atoms with Gasteiger partial charge in [0.15, 0.2) is 0 Å². The number of rotatable bonds is 4. The van der Waals surface area contributed by atoms with Gasteiger partial charge < -0.3 is 5.32 Å².